The second-order valence-electron chi connectivity index (χ2n) is 7.83. The number of hydrogen-bond donors (Lipinski definition) is 3. The molecule has 178 valence electrons. The lowest BCUT2D eigenvalue weighted by Gasteiger charge is -2.06. The number of nitrogens with one attached hydrogen (secondary N) is 2. The maximum absolute atomic E-state index is 12.3. The van der Waals surface area contributed by atoms with Crippen LogP contribution in [0.25, 0.3) is 0 Å². The predicted octanol–water partition coefficient (Wildman–Crippen LogP) is 6.28. The van der Waals surface area contributed by atoms with Crippen molar-refractivity contribution in [3.8, 4) is 0 Å². The SMILES string of the molecule is CCNc1ccc(C(=O)c2ccc(NCC)cc2)cc1.Nc1ccccc1C(=O)c1ccccc1. The molecule has 5 heteroatoms. The summed E-state index contributed by atoms with van der Waals surface area (Å²) in [7, 11) is 0. The Bertz CT molecular complexity index is 1180. The molecule has 0 atom stereocenters. The van der Waals surface area contributed by atoms with E-state index in [9.17, 15) is 9.59 Å². The van der Waals surface area contributed by atoms with Crippen LogP contribution in [0.5, 0.6) is 0 Å². The van der Waals surface area contributed by atoms with E-state index in [-0.39, 0.29) is 11.6 Å². The van der Waals surface area contributed by atoms with Gasteiger partial charge in [0, 0.05) is 52.4 Å². The highest BCUT2D eigenvalue weighted by Crippen LogP contribution is 2.17. The summed E-state index contributed by atoms with van der Waals surface area (Å²) >= 11 is 0. The van der Waals surface area contributed by atoms with E-state index in [2.05, 4.69) is 10.6 Å². The summed E-state index contributed by atoms with van der Waals surface area (Å²) in [6, 6.07) is 31.4. The zero-order chi connectivity index (χ0) is 25.0. The van der Waals surface area contributed by atoms with Gasteiger partial charge in [-0.05, 0) is 74.5 Å². The van der Waals surface area contributed by atoms with Crippen molar-refractivity contribution in [2.75, 3.05) is 29.5 Å². The molecule has 4 aromatic rings. The molecule has 4 aromatic carbocycles. The Morgan fingerprint density at radius 2 is 1.00 bits per heavy atom. The van der Waals surface area contributed by atoms with Crippen molar-refractivity contribution < 1.29 is 9.59 Å². The van der Waals surface area contributed by atoms with Gasteiger partial charge in [-0.15, -0.1) is 0 Å². The Hall–Kier alpha value is -4.38. The number of hydrogen-bond acceptors (Lipinski definition) is 5. The normalized spacial score (nSPS) is 10.0. The molecular formula is C30H31N3O2. The van der Waals surface area contributed by atoms with Gasteiger partial charge in [-0.25, -0.2) is 0 Å². The third-order valence-corrected chi connectivity index (χ3v) is 5.30. The molecule has 35 heavy (non-hydrogen) atoms. The molecule has 0 aliphatic carbocycles. The first-order valence-corrected chi connectivity index (χ1v) is 11.7. The number of nitrogen functional groups attached to an aromatic ring is 1. The lowest BCUT2D eigenvalue weighted by atomic mass is 10.0. The maximum atomic E-state index is 12.3. The third-order valence-electron chi connectivity index (χ3n) is 5.30. The van der Waals surface area contributed by atoms with Crippen molar-refractivity contribution in [2.45, 2.75) is 13.8 Å². The molecule has 4 N–H and O–H groups in total. The standard InChI is InChI=1S/C17H20N2O.C13H11NO/c1-3-18-15-9-5-13(6-10-15)17(20)14-7-11-16(12-8-14)19-4-2;14-12-9-5-4-8-11(12)13(15)10-6-2-1-3-7-10/h5-12,18-19H,3-4H2,1-2H3;1-9H,14H2. The van der Waals surface area contributed by atoms with Crippen molar-refractivity contribution >= 4 is 28.6 Å². The van der Waals surface area contributed by atoms with E-state index in [1.165, 1.54) is 0 Å². The number of nitrogens with two attached hydrogens (primary N) is 1. The number of ketones is 2. The molecule has 0 aliphatic rings. The molecular weight excluding hydrogens is 434 g/mol. The Morgan fingerprint density at radius 3 is 1.46 bits per heavy atom. The minimum Gasteiger partial charge on any atom is -0.398 e. The molecule has 0 spiro atoms. The van der Waals surface area contributed by atoms with Crippen LogP contribution in [0.15, 0.2) is 103 Å². The monoisotopic (exact) mass is 465 g/mol. The fraction of sp³-hybridized carbons (Fsp3) is 0.133. The van der Waals surface area contributed by atoms with Crippen molar-refractivity contribution in [1.82, 2.24) is 0 Å². The highest BCUT2D eigenvalue weighted by atomic mass is 16.1. The van der Waals surface area contributed by atoms with Gasteiger partial charge in [-0.2, -0.15) is 0 Å². The molecule has 4 rings (SSSR count). The Balaban J connectivity index is 0.000000203. The summed E-state index contributed by atoms with van der Waals surface area (Å²) in [6.07, 6.45) is 0. The molecule has 0 fully saturated rings. The molecule has 0 saturated carbocycles. The van der Waals surface area contributed by atoms with Crippen LogP contribution in [0, 0.1) is 0 Å². The van der Waals surface area contributed by atoms with Crippen molar-refractivity contribution in [3.05, 3.63) is 125 Å². The van der Waals surface area contributed by atoms with Crippen molar-refractivity contribution in [1.29, 1.82) is 0 Å². The van der Waals surface area contributed by atoms with E-state index in [1.54, 1.807) is 24.3 Å². The first kappa shape index (κ1) is 25.2. The Morgan fingerprint density at radius 1 is 0.571 bits per heavy atom. The molecule has 0 amide bonds. The predicted molar refractivity (Wildman–Crippen MR) is 145 cm³/mol. The minimum absolute atomic E-state index is 0.0336. The fourth-order valence-corrected chi connectivity index (χ4v) is 3.50. The van der Waals surface area contributed by atoms with Crippen LogP contribution in [0.4, 0.5) is 17.1 Å². The summed E-state index contributed by atoms with van der Waals surface area (Å²) in [6.45, 7) is 5.84. The molecule has 5 nitrogen and oxygen atoms in total. The van der Waals surface area contributed by atoms with Crippen LogP contribution in [-0.2, 0) is 0 Å². The van der Waals surface area contributed by atoms with E-state index in [0.717, 1.165) is 24.5 Å². The van der Waals surface area contributed by atoms with E-state index in [0.29, 0.717) is 27.9 Å². The Kier molecular flexibility index (Phi) is 9.20. The number of carbonyl (C=O) groups excluding carboxylic acids is 2. The first-order chi connectivity index (χ1) is 17.0. The quantitative estimate of drug-likeness (QED) is 0.211. The molecule has 0 unspecified atom stereocenters. The van der Waals surface area contributed by atoms with E-state index >= 15 is 0 Å². The Labute approximate surface area is 207 Å². The smallest absolute Gasteiger partial charge is 0.195 e. The van der Waals surface area contributed by atoms with Crippen LogP contribution in [0.3, 0.4) is 0 Å². The van der Waals surface area contributed by atoms with Gasteiger partial charge in [0.05, 0.1) is 0 Å². The van der Waals surface area contributed by atoms with Crippen LogP contribution in [0.1, 0.15) is 45.7 Å². The van der Waals surface area contributed by atoms with Crippen LogP contribution in [0.2, 0.25) is 0 Å². The van der Waals surface area contributed by atoms with Crippen molar-refractivity contribution in [3.63, 3.8) is 0 Å². The van der Waals surface area contributed by atoms with E-state index in [4.69, 9.17) is 5.73 Å². The zero-order valence-corrected chi connectivity index (χ0v) is 20.1. The molecule has 0 heterocycles. The lowest BCUT2D eigenvalue weighted by Crippen LogP contribution is -2.04. The number of rotatable bonds is 8. The van der Waals surface area contributed by atoms with Gasteiger partial charge < -0.3 is 16.4 Å². The van der Waals surface area contributed by atoms with Gasteiger partial charge >= 0.3 is 0 Å². The molecule has 0 aromatic heterocycles. The van der Waals surface area contributed by atoms with E-state index in [1.807, 2.05) is 92.7 Å². The number of carbonyl (C=O) groups is 2. The van der Waals surface area contributed by atoms with Gasteiger partial charge in [0.15, 0.2) is 11.6 Å². The third kappa shape index (κ3) is 7.05. The molecule has 0 saturated heterocycles. The molecule has 0 aliphatic heterocycles. The lowest BCUT2D eigenvalue weighted by molar-refractivity contribution is 0.103. The summed E-state index contributed by atoms with van der Waals surface area (Å²) < 4.78 is 0. The van der Waals surface area contributed by atoms with Gasteiger partial charge in [0.25, 0.3) is 0 Å². The summed E-state index contributed by atoms with van der Waals surface area (Å²) in [5.41, 5.74) is 11.0. The van der Waals surface area contributed by atoms with Crippen LogP contribution < -0.4 is 16.4 Å². The van der Waals surface area contributed by atoms with Gasteiger partial charge in [0.1, 0.15) is 0 Å². The second-order valence-corrected chi connectivity index (χ2v) is 7.83. The average Bonchev–Trinajstić information content (AvgIpc) is 2.90. The summed E-state index contributed by atoms with van der Waals surface area (Å²) in [4.78, 5) is 24.3. The highest BCUT2D eigenvalue weighted by Gasteiger charge is 2.10. The summed E-state index contributed by atoms with van der Waals surface area (Å²) in [5, 5.41) is 6.43. The highest BCUT2D eigenvalue weighted by molar-refractivity contribution is 6.12. The van der Waals surface area contributed by atoms with Crippen molar-refractivity contribution in [2.24, 2.45) is 0 Å². The van der Waals surface area contributed by atoms with Crippen LogP contribution >= 0.6 is 0 Å². The summed E-state index contributed by atoms with van der Waals surface area (Å²) in [5.74, 6) is 0.0183. The molecule has 0 radical (unpaired) electrons. The largest absolute Gasteiger partial charge is 0.398 e. The topological polar surface area (TPSA) is 84.2 Å². The second kappa shape index (κ2) is 12.8. The van der Waals surface area contributed by atoms with Crippen LogP contribution in [-0.4, -0.2) is 24.7 Å². The van der Waals surface area contributed by atoms with Gasteiger partial charge in [0.2, 0.25) is 0 Å². The number of benzene rings is 4. The number of anilines is 3. The van der Waals surface area contributed by atoms with E-state index < -0.39 is 0 Å². The zero-order valence-electron chi connectivity index (χ0n) is 20.1. The average molecular weight is 466 g/mol. The molecule has 0 bridgehead atoms. The van der Waals surface area contributed by atoms with Gasteiger partial charge in [-0.3, -0.25) is 9.59 Å². The number of para-hydroxylation sites is 1. The first-order valence-electron chi connectivity index (χ1n) is 11.7. The minimum atomic E-state index is -0.0336. The van der Waals surface area contributed by atoms with Gasteiger partial charge in [-0.1, -0.05) is 42.5 Å². The fourth-order valence-electron chi connectivity index (χ4n) is 3.50. The maximum Gasteiger partial charge on any atom is 0.195 e.